The van der Waals surface area contributed by atoms with Crippen LogP contribution in [0.3, 0.4) is 0 Å². The average Bonchev–Trinajstić information content (AvgIpc) is 2.96. The van der Waals surface area contributed by atoms with Gasteiger partial charge in [-0.05, 0) is 24.1 Å². The summed E-state index contributed by atoms with van der Waals surface area (Å²) in [6.45, 7) is 2.18. The summed E-state index contributed by atoms with van der Waals surface area (Å²) < 4.78 is 5.66. The van der Waals surface area contributed by atoms with Gasteiger partial charge in [-0.15, -0.1) is 11.3 Å². The summed E-state index contributed by atoms with van der Waals surface area (Å²) in [5, 5.41) is 0. The van der Waals surface area contributed by atoms with Crippen molar-refractivity contribution < 1.29 is 4.74 Å². The number of aryl methyl sites for hydroxylation is 1. The molecule has 1 heterocycles. The summed E-state index contributed by atoms with van der Waals surface area (Å²) in [7, 11) is 1.73. The van der Waals surface area contributed by atoms with Crippen molar-refractivity contribution in [1.29, 1.82) is 0 Å². The zero-order chi connectivity index (χ0) is 14.4. The van der Waals surface area contributed by atoms with Gasteiger partial charge in [-0.3, -0.25) is 11.3 Å². The Morgan fingerprint density at radius 1 is 1.15 bits per heavy atom. The number of nitrogens with one attached hydrogen (secondary N) is 1. The molecule has 0 saturated heterocycles. The van der Waals surface area contributed by atoms with Gasteiger partial charge in [0, 0.05) is 23.3 Å². The highest BCUT2D eigenvalue weighted by molar-refractivity contribution is 7.11. The van der Waals surface area contributed by atoms with Gasteiger partial charge < -0.3 is 4.74 Å². The number of rotatable bonds is 7. The number of nitrogens with two attached hydrogens (primary N) is 1. The molecule has 2 atom stereocenters. The van der Waals surface area contributed by atoms with Crippen LogP contribution < -0.4 is 11.3 Å². The molecule has 0 bridgehead atoms. The monoisotopic (exact) mass is 290 g/mol. The molecule has 0 saturated carbocycles. The molecule has 2 rings (SSSR count). The molecular formula is C16H22N2OS. The van der Waals surface area contributed by atoms with E-state index in [1.807, 2.05) is 29.5 Å². The minimum atomic E-state index is -0.0478. The SMILES string of the molecule is CCc1ccc(CC(NN)C(OC)c2ccccc2)s1. The van der Waals surface area contributed by atoms with Crippen LogP contribution in [0.1, 0.15) is 28.3 Å². The zero-order valence-electron chi connectivity index (χ0n) is 12.0. The van der Waals surface area contributed by atoms with Gasteiger partial charge in [-0.2, -0.15) is 0 Å². The topological polar surface area (TPSA) is 47.3 Å². The Labute approximate surface area is 124 Å². The highest BCUT2D eigenvalue weighted by Gasteiger charge is 2.22. The number of thiophene rings is 1. The first kappa shape index (κ1) is 15.2. The molecule has 3 N–H and O–H groups in total. The van der Waals surface area contributed by atoms with Gasteiger partial charge >= 0.3 is 0 Å². The molecule has 0 aliphatic heterocycles. The Morgan fingerprint density at radius 2 is 1.85 bits per heavy atom. The fourth-order valence-electron chi connectivity index (χ4n) is 2.37. The Balaban J connectivity index is 2.13. The Morgan fingerprint density at radius 3 is 2.40 bits per heavy atom. The third-order valence-electron chi connectivity index (χ3n) is 3.45. The number of benzene rings is 1. The summed E-state index contributed by atoms with van der Waals surface area (Å²) in [6.07, 6.45) is 1.90. The van der Waals surface area contributed by atoms with Crippen LogP contribution in [0, 0.1) is 0 Å². The normalized spacial score (nSPS) is 14.2. The lowest BCUT2D eigenvalue weighted by molar-refractivity contribution is 0.0681. The van der Waals surface area contributed by atoms with E-state index >= 15 is 0 Å². The highest BCUT2D eigenvalue weighted by atomic mass is 32.1. The molecule has 0 radical (unpaired) electrons. The van der Waals surface area contributed by atoms with Gasteiger partial charge in [-0.1, -0.05) is 37.3 Å². The first-order valence-corrected chi connectivity index (χ1v) is 7.71. The van der Waals surface area contributed by atoms with E-state index in [-0.39, 0.29) is 12.1 Å². The maximum absolute atomic E-state index is 5.75. The van der Waals surface area contributed by atoms with E-state index in [1.54, 1.807) is 7.11 Å². The van der Waals surface area contributed by atoms with Crippen molar-refractivity contribution in [3.8, 4) is 0 Å². The van der Waals surface area contributed by atoms with Gasteiger partial charge in [0.2, 0.25) is 0 Å². The molecule has 0 aliphatic rings. The Bertz CT molecular complexity index is 512. The molecule has 20 heavy (non-hydrogen) atoms. The van der Waals surface area contributed by atoms with E-state index in [0.717, 1.165) is 18.4 Å². The average molecular weight is 290 g/mol. The lowest BCUT2D eigenvalue weighted by Gasteiger charge is -2.25. The minimum absolute atomic E-state index is 0.0478. The summed E-state index contributed by atoms with van der Waals surface area (Å²) in [4.78, 5) is 2.74. The molecular weight excluding hydrogens is 268 g/mol. The molecule has 108 valence electrons. The van der Waals surface area contributed by atoms with E-state index in [2.05, 4.69) is 36.6 Å². The van der Waals surface area contributed by atoms with E-state index in [0.29, 0.717) is 0 Å². The summed E-state index contributed by atoms with van der Waals surface area (Å²) in [5.74, 6) is 5.75. The van der Waals surface area contributed by atoms with Crippen LogP contribution >= 0.6 is 11.3 Å². The Kier molecular flexibility index (Phi) is 5.73. The fourth-order valence-corrected chi connectivity index (χ4v) is 3.38. The van der Waals surface area contributed by atoms with Gasteiger partial charge in [0.15, 0.2) is 0 Å². The Hall–Kier alpha value is -1.20. The molecule has 3 nitrogen and oxygen atoms in total. The first-order chi connectivity index (χ1) is 9.78. The van der Waals surface area contributed by atoms with Crippen LogP contribution in [-0.2, 0) is 17.6 Å². The minimum Gasteiger partial charge on any atom is -0.375 e. The fraction of sp³-hybridized carbons (Fsp3) is 0.375. The maximum atomic E-state index is 5.75. The van der Waals surface area contributed by atoms with Crippen molar-refractivity contribution in [3.05, 3.63) is 57.8 Å². The highest BCUT2D eigenvalue weighted by Crippen LogP contribution is 2.25. The number of hydrogen-bond acceptors (Lipinski definition) is 4. The van der Waals surface area contributed by atoms with E-state index in [1.165, 1.54) is 9.75 Å². The second-order valence-corrected chi connectivity index (χ2v) is 6.02. The smallest absolute Gasteiger partial charge is 0.0991 e. The molecule has 0 amide bonds. The molecule has 2 unspecified atom stereocenters. The van der Waals surface area contributed by atoms with Crippen LogP contribution in [0.15, 0.2) is 42.5 Å². The largest absolute Gasteiger partial charge is 0.375 e. The molecule has 0 fully saturated rings. The predicted octanol–water partition coefficient (Wildman–Crippen LogP) is 3.07. The maximum Gasteiger partial charge on any atom is 0.0991 e. The van der Waals surface area contributed by atoms with Crippen LogP contribution in [0.4, 0.5) is 0 Å². The standard InChI is InChI=1S/C16H22N2OS/c1-3-13-9-10-14(20-13)11-15(18-17)16(19-2)12-7-5-4-6-8-12/h4-10,15-16,18H,3,11,17H2,1-2H3. The van der Waals surface area contributed by atoms with Crippen LogP contribution in [0.25, 0.3) is 0 Å². The third kappa shape index (κ3) is 3.67. The van der Waals surface area contributed by atoms with Crippen molar-refractivity contribution in [2.24, 2.45) is 5.84 Å². The molecule has 0 aliphatic carbocycles. The van der Waals surface area contributed by atoms with Gasteiger partial charge in [-0.25, -0.2) is 0 Å². The zero-order valence-corrected chi connectivity index (χ0v) is 12.8. The van der Waals surface area contributed by atoms with Crippen molar-refractivity contribution in [3.63, 3.8) is 0 Å². The van der Waals surface area contributed by atoms with Gasteiger partial charge in [0.05, 0.1) is 12.1 Å². The molecule has 1 aromatic carbocycles. The predicted molar refractivity (Wildman–Crippen MR) is 84.7 cm³/mol. The molecule has 1 aromatic heterocycles. The van der Waals surface area contributed by atoms with Crippen molar-refractivity contribution >= 4 is 11.3 Å². The van der Waals surface area contributed by atoms with Crippen molar-refractivity contribution in [1.82, 2.24) is 5.43 Å². The van der Waals surface area contributed by atoms with Gasteiger partial charge in [0.1, 0.15) is 0 Å². The quantitative estimate of drug-likeness (QED) is 0.608. The number of hydrazine groups is 1. The van der Waals surface area contributed by atoms with Crippen molar-refractivity contribution in [2.75, 3.05) is 7.11 Å². The van der Waals surface area contributed by atoms with Crippen LogP contribution in [0.5, 0.6) is 0 Å². The number of methoxy groups -OCH3 is 1. The molecule has 2 aromatic rings. The van der Waals surface area contributed by atoms with E-state index in [4.69, 9.17) is 10.6 Å². The third-order valence-corrected chi connectivity index (χ3v) is 4.70. The van der Waals surface area contributed by atoms with Crippen LogP contribution in [0.2, 0.25) is 0 Å². The number of hydrogen-bond donors (Lipinski definition) is 2. The summed E-state index contributed by atoms with van der Waals surface area (Å²) >= 11 is 1.85. The lowest BCUT2D eigenvalue weighted by Crippen LogP contribution is -2.42. The molecule has 4 heteroatoms. The lowest BCUT2D eigenvalue weighted by atomic mass is 9.99. The van der Waals surface area contributed by atoms with E-state index in [9.17, 15) is 0 Å². The summed E-state index contributed by atoms with van der Waals surface area (Å²) in [6, 6.07) is 14.6. The van der Waals surface area contributed by atoms with Gasteiger partial charge in [0.25, 0.3) is 0 Å². The van der Waals surface area contributed by atoms with E-state index < -0.39 is 0 Å². The van der Waals surface area contributed by atoms with Crippen LogP contribution in [-0.4, -0.2) is 13.2 Å². The molecule has 0 spiro atoms. The first-order valence-electron chi connectivity index (χ1n) is 6.90. The second-order valence-electron chi connectivity index (χ2n) is 4.77. The van der Waals surface area contributed by atoms with Crippen molar-refractivity contribution in [2.45, 2.75) is 31.9 Å². The number of ether oxygens (including phenoxy) is 1. The summed E-state index contributed by atoms with van der Waals surface area (Å²) in [5.41, 5.74) is 4.05. The second kappa shape index (κ2) is 7.55.